The lowest BCUT2D eigenvalue weighted by molar-refractivity contribution is -0.255. The molecule has 0 bridgehead atoms. The third-order valence-electron chi connectivity index (χ3n) is 13.7. The summed E-state index contributed by atoms with van der Waals surface area (Å²) in [6.07, 6.45) is 11.5. The first kappa shape index (κ1) is 28.0. The first-order valence-electron chi connectivity index (χ1n) is 14.7. The van der Waals surface area contributed by atoms with Crippen molar-refractivity contribution in [1.29, 1.82) is 0 Å². The second-order valence-electron chi connectivity index (χ2n) is 15.6. The van der Waals surface area contributed by atoms with Crippen molar-refractivity contribution in [1.82, 2.24) is 0 Å². The summed E-state index contributed by atoms with van der Waals surface area (Å²) in [4.78, 5) is 25.7. The van der Waals surface area contributed by atoms with Gasteiger partial charge < -0.3 is 9.47 Å². The molecule has 4 nitrogen and oxygen atoms in total. The molecular formula is C32H54O4. The molecule has 4 aliphatic carbocycles. The highest BCUT2D eigenvalue weighted by Gasteiger charge is 2.70. The summed E-state index contributed by atoms with van der Waals surface area (Å²) in [6.45, 7) is 19.6. The van der Waals surface area contributed by atoms with Gasteiger partial charge in [0.05, 0.1) is 20.1 Å². The van der Waals surface area contributed by atoms with Crippen LogP contribution in [-0.2, 0) is 19.1 Å². The molecule has 0 amide bonds. The smallest absolute Gasteiger partial charge is 0.308 e. The number of hydrogen-bond donors (Lipinski definition) is 0. The van der Waals surface area contributed by atoms with Gasteiger partial charge in [-0.25, -0.2) is 0 Å². The number of methoxy groups -OCH3 is 2. The van der Waals surface area contributed by atoms with Crippen molar-refractivity contribution in [2.45, 2.75) is 120 Å². The van der Waals surface area contributed by atoms with Gasteiger partial charge in [-0.05, 0) is 108 Å². The van der Waals surface area contributed by atoms with E-state index >= 15 is 0 Å². The van der Waals surface area contributed by atoms with E-state index in [1.54, 1.807) is 0 Å². The maximum Gasteiger partial charge on any atom is 0.308 e. The molecule has 4 heteroatoms. The van der Waals surface area contributed by atoms with Gasteiger partial charge in [0.2, 0.25) is 0 Å². The normalized spacial score (nSPS) is 48.6. The van der Waals surface area contributed by atoms with E-state index in [-0.39, 0.29) is 40.0 Å². The molecule has 206 valence electrons. The molecule has 36 heavy (non-hydrogen) atoms. The highest BCUT2D eigenvalue weighted by Crippen LogP contribution is 2.77. The lowest BCUT2D eigenvalue weighted by atomic mass is 9.30. The SMILES string of the molecule is COC(=O)C[C@@H]1[C@@](C)([C@@H](C)C(=O)OC)CC[C@H]2[C@@]1(C)CC[C@@]1(C)[C@@H]3CC(C)(C)CC[C@]3(C)CC[C@]21C. The highest BCUT2D eigenvalue weighted by molar-refractivity contribution is 5.74. The molecule has 0 aromatic rings. The molecule has 4 saturated carbocycles. The molecule has 0 N–H and O–H groups in total. The van der Waals surface area contributed by atoms with Crippen LogP contribution in [0, 0.1) is 56.2 Å². The Balaban J connectivity index is 1.78. The van der Waals surface area contributed by atoms with Gasteiger partial charge in [-0.2, -0.15) is 0 Å². The fourth-order valence-electron chi connectivity index (χ4n) is 10.8. The molecule has 0 unspecified atom stereocenters. The van der Waals surface area contributed by atoms with E-state index in [0.29, 0.717) is 28.6 Å². The van der Waals surface area contributed by atoms with Crippen LogP contribution in [0.4, 0.5) is 0 Å². The number of ether oxygens (including phenoxy) is 2. The van der Waals surface area contributed by atoms with E-state index in [2.05, 4.69) is 48.5 Å². The monoisotopic (exact) mass is 502 g/mol. The van der Waals surface area contributed by atoms with Crippen molar-refractivity contribution in [3.05, 3.63) is 0 Å². The molecule has 0 saturated heterocycles. The van der Waals surface area contributed by atoms with Crippen LogP contribution in [0.25, 0.3) is 0 Å². The van der Waals surface area contributed by atoms with Crippen LogP contribution in [0.15, 0.2) is 0 Å². The van der Waals surface area contributed by atoms with Gasteiger partial charge in [0.25, 0.3) is 0 Å². The Hall–Kier alpha value is -1.06. The second-order valence-corrected chi connectivity index (χ2v) is 15.6. The zero-order valence-corrected chi connectivity index (χ0v) is 25.0. The first-order valence-corrected chi connectivity index (χ1v) is 14.7. The molecule has 9 atom stereocenters. The zero-order chi connectivity index (χ0) is 26.9. The molecule has 0 aliphatic heterocycles. The van der Waals surface area contributed by atoms with Crippen molar-refractivity contribution < 1.29 is 19.1 Å². The fourth-order valence-corrected chi connectivity index (χ4v) is 10.8. The van der Waals surface area contributed by atoms with Gasteiger partial charge in [-0.1, -0.05) is 55.4 Å². The van der Waals surface area contributed by atoms with Crippen molar-refractivity contribution >= 4 is 11.9 Å². The molecule has 0 aromatic heterocycles. The summed E-state index contributed by atoms with van der Waals surface area (Å²) in [5, 5.41) is 0. The summed E-state index contributed by atoms with van der Waals surface area (Å²) >= 11 is 0. The Labute approximate surface area is 221 Å². The minimum Gasteiger partial charge on any atom is -0.469 e. The van der Waals surface area contributed by atoms with Gasteiger partial charge in [0.15, 0.2) is 0 Å². The molecule has 0 aromatic carbocycles. The Kier molecular flexibility index (Phi) is 6.78. The van der Waals surface area contributed by atoms with Gasteiger partial charge in [0.1, 0.15) is 0 Å². The summed E-state index contributed by atoms with van der Waals surface area (Å²) in [6, 6.07) is 0. The van der Waals surface area contributed by atoms with Crippen LogP contribution in [0.3, 0.4) is 0 Å². The van der Waals surface area contributed by atoms with Gasteiger partial charge in [-0.15, -0.1) is 0 Å². The number of rotatable bonds is 4. The Morgan fingerprint density at radius 1 is 0.778 bits per heavy atom. The average Bonchev–Trinajstić information content (AvgIpc) is 2.83. The number of carbonyl (C=O) groups is 2. The van der Waals surface area contributed by atoms with E-state index in [0.717, 1.165) is 25.2 Å². The Morgan fingerprint density at radius 3 is 1.97 bits per heavy atom. The van der Waals surface area contributed by atoms with E-state index in [9.17, 15) is 9.59 Å². The minimum atomic E-state index is -0.285. The fraction of sp³-hybridized carbons (Fsp3) is 0.938. The molecule has 4 fully saturated rings. The molecule has 0 heterocycles. The predicted octanol–water partition coefficient (Wildman–Crippen LogP) is 7.83. The molecule has 0 spiro atoms. The maximum atomic E-state index is 12.8. The van der Waals surface area contributed by atoms with Gasteiger partial charge in [-0.3, -0.25) is 9.59 Å². The van der Waals surface area contributed by atoms with E-state index < -0.39 is 0 Å². The van der Waals surface area contributed by atoms with Crippen molar-refractivity contribution in [3.63, 3.8) is 0 Å². The lowest BCUT2D eigenvalue weighted by Gasteiger charge is -2.74. The molecule has 4 aliphatic rings. The minimum absolute atomic E-state index is 0.00431. The van der Waals surface area contributed by atoms with Crippen LogP contribution in [0.2, 0.25) is 0 Å². The highest BCUT2D eigenvalue weighted by atomic mass is 16.5. The average molecular weight is 503 g/mol. The third kappa shape index (κ3) is 3.81. The number of fused-ring (bicyclic) bond motifs is 5. The number of carbonyl (C=O) groups excluding carboxylic acids is 2. The summed E-state index contributed by atoms with van der Waals surface area (Å²) < 4.78 is 10.5. The third-order valence-corrected chi connectivity index (χ3v) is 13.7. The van der Waals surface area contributed by atoms with Crippen LogP contribution in [-0.4, -0.2) is 26.2 Å². The number of esters is 2. The quantitative estimate of drug-likeness (QED) is 0.368. The topological polar surface area (TPSA) is 52.6 Å². The first-order chi connectivity index (χ1) is 16.5. The van der Waals surface area contributed by atoms with E-state index in [4.69, 9.17) is 9.47 Å². The van der Waals surface area contributed by atoms with Gasteiger partial charge in [0, 0.05) is 6.42 Å². The van der Waals surface area contributed by atoms with Gasteiger partial charge >= 0.3 is 11.9 Å². The zero-order valence-electron chi connectivity index (χ0n) is 25.0. The predicted molar refractivity (Wildman–Crippen MR) is 144 cm³/mol. The maximum absolute atomic E-state index is 12.8. The Bertz CT molecular complexity index is 895. The summed E-state index contributed by atoms with van der Waals surface area (Å²) in [5.74, 6) is 0.852. The number of hydrogen-bond acceptors (Lipinski definition) is 4. The molecule has 0 radical (unpaired) electrons. The van der Waals surface area contributed by atoms with Crippen molar-refractivity contribution in [3.8, 4) is 0 Å². The standard InChI is InChI=1S/C32H54O4/c1-21(26(34)36-10)29(5)12-11-22-30(6,23(29)19-25(33)35-9)16-18-32(8)24-20-27(2,3)13-14-28(24,4)15-17-31(22,32)7/h21-24H,11-20H2,1-10H3/t21-,22-,23+,24+,28+,29+,30+,31+,32-/m0/s1. The second kappa shape index (κ2) is 8.73. The van der Waals surface area contributed by atoms with Crippen LogP contribution < -0.4 is 0 Å². The summed E-state index contributed by atoms with van der Waals surface area (Å²) in [7, 11) is 2.99. The molecule has 4 rings (SSSR count). The lowest BCUT2D eigenvalue weighted by Crippen LogP contribution is -2.67. The van der Waals surface area contributed by atoms with Crippen LogP contribution >= 0.6 is 0 Å². The largest absolute Gasteiger partial charge is 0.469 e. The van der Waals surface area contributed by atoms with Crippen molar-refractivity contribution in [2.75, 3.05) is 14.2 Å². The van der Waals surface area contributed by atoms with E-state index in [1.165, 1.54) is 52.7 Å². The van der Waals surface area contributed by atoms with E-state index in [1.807, 2.05) is 6.92 Å². The van der Waals surface area contributed by atoms with Crippen LogP contribution in [0.5, 0.6) is 0 Å². The Morgan fingerprint density at radius 2 is 1.36 bits per heavy atom. The molecular weight excluding hydrogens is 448 g/mol. The summed E-state index contributed by atoms with van der Waals surface area (Å²) in [5.41, 5.74) is 1.12. The van der Waals surface area contributed by atoms with Crippen molar-refractivity contribution in [2.24, 2.45) is 56.2 Å². The van der Waals surface area contributed by atoms with Crippen LogP contribution in [0.1, 0.15) is 120 Å².